The molecule has 0 radical (unpaired) electrons. The molecule has 0 aliphatic heterocycles. The Bertz CT molecular complexity index is 466. The molecule has 0 atom stereocenters. The Hall–Kier alpha value is -1.73. The average molecular weight is 238 g/mol. The van der Waals surface area contributed by atoms with Crippen molar-refractivity contribution in [3.63, 3.8) is 0 Å². The maximum Gasteiger partial charge on any atom is 0.324 e. The standard InChI is InChI=1S/C9H10N4O2S/c14-13(15)9-3-7(6-16-9)4-10-5-8-1-2-11-12-8/h1-3,6,10H,4-5H2,(H,11,12). The number of H-pyrrole nitrogens is 1. The highest BCUT2D eigenvalue weighted by molar-refractivity contribution is 7.13. The Morgan fingerprint density at radius 3 is 3.06 bits per heavy atom. The summed E-state index contributed by atoms with van der Waals surface area (Å²) in [7, 11) is 0. The number of aromatic amines is 1. The van der Waals surface area contributed by atoms with E-state index in [-0.39, 0.29) is 9.92 Å². The second-order valence-electron chi connectivity index (χ2n) is 3.24. The van der Waals surface area contributed by atoms with E-state index in [2.05, 4.69) is 15.5 Å². The smallest absolute Gasteiger partial charge is 0.307 e. The number of thiophene rings is 1. The third kappa shape index (κ3) is 2.65. The van der Waals surface area contributed by atoms with Gasteiger partial charge in [-0.2, -0.15) is 5.10 Å². The minimum absolute atomic E-state index is 0.179. The predicted molar refractivity (Wildman–Crippen MR) is 60.1 cm³/mol. The second kappa shape index (κ2) is 4.86. The van der Waals surface area contributed by atoms with Crippen molar-refractivity contribution in [1.82, 2.24) is 15.5 Å². The van der Waals surface area contributed by atoms with E-state index in [0.29, 0.717) is 13.1 Å². The lowest BCUT2D eigenvalue weighted by Crippen LogP contribution is -2.12. The summed E-state index contributed by atoms with van der Waals surface area (Å²) in [6.07, 6.45) is 1.69. The maximum atomic E-state index is 10.5. The number of nitrogens with one attached hydrogen (secondary N) is 2. The van der Waals surface area contributed by atoms with Gasteiger partial charge in [0.25, 0.3) is 0 Å². The summed E-state index contributed by atoms with van der Waals surface area (Å²) < 4.78 is 0. The molecule has 0 amide bonds. The van der Waals surface area contributed by atoms with Gasteiger partial charge in [-0.25, -0.2) is 0 Å². The number of rotatable bonds is 5. The summed E-state index contributed by atoms with van der Waals surface area (Å²) in [4.78, 5) is 10.1. The van der Waals surface area contributed by atoms with Crippen molar-refractivity contribution >= 4 is 16.3 Å². The van der Waals surface area contributed by atoms with Crippen molar-refractivity contribution in [2.75, 3.05) is 0 Å². The number of aromatic nitrogens is 2. The first kappa shape index (κ1) is 10.8. The first-order chi connectivity index (χ1) is 7.75. The van der Waals surface area contributed by atoms with E-state index >= 15 is 0 Å². The van der Waals surface area contributed by atoms with Crippen LogP contribution in [-0.4, -0.2) is 15.1 Å². The maximum absolute atomic E-state index is 10.5. The van der Waals surface area contributed by atoms with Gasteiger partial charge in [-0.3, -0.25) is 15.2 Å². The zero-order chi connectivity index (χ0) is 11.4. The molecule has 0 aliphatic rings. The highest BCUT2D eigenvalue weighted by Crippen LogP contribution is 2.22. The van der Waals surface area contributed by atoms with E-state index in [1.165, 1.54) is 0 Å². The fourth-order valence-corrected chi connectivity index (χ4v) is 2.00. The van der Waals surface area contributed by atoms with Crippen molar-refractivity contribution in [2.45, 2.75) is 13.1 Å². The molecule has 0 fully saturated rings. The molecule has 16 heavy (non-hydrogen) atoms. The average Bonchev–Trinajstić information content (AvgIpc) is 2.87. The van der Waals surface area contributed by atoms with Crippen LogP contribution in [0, 0.1) is 10.1 Å². The van der Waals surface area contributed by atoms with Gasteiger partial charge in [0, 0.05) is 36.4 Å². The van der Waals surface area contributed by atoms with Gasteiger partial charge in [-0.05, 0) is 11.6 Å². The molecule has 0 saturated heterocycles. The van der Waals surface area contributed by atoms with Crippen molar-refractivity contribution in [3.8, 4) is 0 Å². The topological polar surface area (TPSA) is 83.8 Å². The first-order valence-electron chi connectivity index (χ1n) is 4.66. The van der Waals surface area contributed by atoms with Gasteiger partial charge in [0.2, 0.25) is 0 Å². The molecule has 6 nitrogen and oxygen atoms in total. The van der Waals surface area contributed by atoms with Crippen LogP contribution in [0.5, 0.6) is 0 Å². The van der Waals surface area contributed by atoms with Gasteiger partial charge in [-0.1, -0.05) is 11.3 Å². The molecular weight excluding hydrogens is 228 g/mol. The van der Waals surface area contributed by atoms with Crippen molar-refractivity contribution in [1.29, 1.82) is 0 Å². The van der Waals surface area contributed by atoms with Crippen LogP contribution < -0.4 is 5.32 Å². The fraction of sp³-hybridized carbons (Fsp3) is 0.222. The predicted octanol–water partition coefficient (Wildman–Crippen LogP) is 1.67. The zero-order valence-electron chi connectivity index (χ0n) is 8.34. The van der Waals surface area contributed by atoms with Crippen LogP contribution in [0.15, 0.2) is 23.7 Å². The molecule has 84 valence electrons. The summed E-state index contributed by atoms with van der Waals surface area (Å²) in [6.45, 7) is 1.28. The summed E-state index contributed by atoms with van der Waals surface area (Å²) in [6, 6.07) is 3.47. The SMILES string of the molecule is O=[N+]([O-])c1cc(CNCc2ccn[nH]2)cs1. The molecule has 0 aliphatic carbocycles. The number of hydrogen-bond donors (Lipinski definition) is 2. The molecule has 0 unspecified atom stereocenters. The monoisotopic (exact) mass is 238 g/mol. The third-order valence-corrected chi connectivity index (χ3v) is 2.95. The zero-order valence-corrected chi connectivity index (χ0v) is 9.16. The number of nitrogens with zero attached hydrogens (tertiary/aromatic N) is 2. The molecule has 2 aromatic heterocycles. The van der Waals surface area contributed by atoms with Crippen LogP contribution in [0.25, 0.3) is 0 Å². The van der Waals surface area contributed by atoms with E-state index < -0.39 is 0 Å². The summed E-state index contributed by atoms with van der Waals surface area (Å²) in [5, 5.41) is 22.2. The lowest BCUT2D eigenvalue weighted by atomic mass is 10.3. The van der Waals surface area contributed by atoms with Gasteiger partial charge in [-0.15, -0.1) is 0 Å². The molecule has 0 saturated carbocycles. The largest absolute Gasteiger partial charge is 0.324 e. The minimum atomic E-state index is -0.372. The van der Waals surface area contributed by atoms with E-state index in [1.807, 2.05) is 6.07 Å². The minimum Gasteiger partial charge on any atom is -0.307 e. The van der Waals surface area contributed by atoms with E-state index in [0.717, 1.165) is 22.6 Å². The Balaban J connectivity index is 1.83. The molecule has 0 aromatic carbocycles. The highest BCUT2D eigenvalue weighted by Gasteiger charge is 2.08. The molecule has 0 spiro atoms. The summed E-state index contributed by atoms with van der Waals surface area (Å²) in [5.41, 5.74) is 1.92. The van der Waals surface area contributed by atoms with E-state index in [9.17, 15) is 10.1 Å². The van der Waals surface area contributed by atoms with Gasteiger partial charge in [0.1, 0.15) is 0 Å². The van der Waals surface area contributed by atoms with E-state index in [4.69, 9.17) is 0 Å². The van der Waals surface area contributed by atoms with Gasteiger partial charge >= 0.3 is 5.00 Å². The van der Waals surface area contributed by atoms with E-state index in [1.54, 1.807) is 17.6 Å². The number of hydrogen-bond acceptors (Lipinski definition) is 5. The van der Waals surface area contributed by atoms with Crippen molar-refractivity contribution in [2.24, 2.45) is 0 Å². The lowest BCUT2D eigenvalue weighted by Gasteiger charge is -1.99. The van der Waals surface area contributed by atoms with Gasteiger partial charge in [0.05, 0.1) is 4.92 Å². The van der Waals surface area contributed by atoms with Crippen molar-refractivity contribution < 1.29 is 4.92 Å². The van der Waals surface area contributed by atoms with Gasteiger partial charge in [0.15, 0.2) is 0 Å². The molecule has 2 rings (SSSR count). The molecule has 2 N–H and O–H groups in total. The van der Waals surface area contributed by atoms with Crippen LogP contribution in [0.2, 0.25) is 0 Å². The van der Waals surface area contributed by atoms with Crippen LogP contribution in [0.4, 0.5) is 5.00 Å². The lowest BCUT2D eigenvalue weighted by molar-refractivity contribution is -0.380. The molecule has 0 bridgehead atoms. The Morgan fingerprint density at radius 2 is 2.44 bits per heavy atom. The molecule has 7 heteroatoms. The molecular formula is C9H10N4O2S. The first-order valence-corrected chi connectivity index (χ1v) is 5.54. The van der Waals surface area contributed by atoms with Crippen LogP contribution in [-0.2, 0) is 13.1 Å². The Labute approximate surface area is 95.5 Å². The molecule has 2 heterocycles. The number of nitro groups is 1. The fourth-order valence-electron chi connectivity index (χ4n) is 1.28. The third-order valence-electron chi connectivity index (χ3n) is 2.02. The quantitative estimate of drug-likeness (QED) is 0.613. The summed E-state index contributed by atoms with van der Waals surface area (Å²) >= 11 is 1.15. The van der Waals surface area contributed by atoms with Gasteiger partial charge < -0.3 is 5.32 Å². The second-order valence-corrected chi connectivity index (χ2v) is 4.13. The highest BCUT2D eigenvalue weighted by atomic mass is 32.1. The molecule has 2 aromatic rings. The van der Waals surface area contributed by atoms with Crippen LogP contribution in [0.1, 0.15) is 11.3 Å². The Morgan fingerprint density at radius 1 is 1.56 bits per heavy atom. The van der Waals surface area contributed by atoms with Crippen molar-refractivity contribution in [3.05, 3.63) is 45.1 Å². The van der Waals surface area contributed by atoms with Crippen LogP contribution in [0.3, 0.4) is 0 Å². The normalized spacial score (nSPS) is 10.5. The summed E-state index contributed by atoms with van der Waals surface area (Å²) in [5.74, 6) is 0. The Kier molecular flexibility index (Phi) is 3.28. The van der Waals surface area contributed by atoms with Crippen LogP contribution >= 0.6 is 11.3 Å².